The van der Waals surface area contributed by atoms with Crippen molar-refractivity contribution in [3.8, 4) is 0 Å². The first-order valence-corrected chi connectivity index (χ1v) is 7.01. The van der Waals surface area contributed by atoms with Crippen molar-refractivity contribution in [2.45, 2.75) is 25.9 Å². The highest BCUT2D eigenvalue weighted by molar-refractivity contribution is 7.09. The minimum Gasteiger partial charge on any atom is -0.394 e. The molecule has 18 heavy (non-hydrogen) atoms. The van der Waals surface area contributed by atoms with Crippen molar-refractivity contribution in [1.82, 2.24) is 15.1 Å². The minimum atomic E-state index is -0.0456. The lowest BCUT2D eigenvalue weighted by Gasteiger charge is -2.15. The van der Waals surface area contributed by atoms with Crippen LogP contribution in [-0.2, 0) is 20.0 Å². The lowest BCUT2D eigenvalue weighted by Crippen LogP contribution is -2.24. The highest BCUT2D eigenvalue weighted by Gasteiger charge is 2.16. The standard InChI is InChI=1S/C13H19N3OS/c1-3-12-11(8-16(2)15-12)13(9-17)14-7-10-5-4-6-18-10/h4-6,8,13-14,17H,3,7,9H2,1-2H3. The van der Waals surface area contributed by atoms with Gasteiger partial charge in [0, 0.05) is 30.2 Å². The van der Waals surface area contributed by atoms with Gasteiger partial charge in [-0.3, -0.25) is 4.68 Å². The van der Waals surface area contributed by atoms with Gasteiger partial charge in [-0.25, -0.2) is 0 Å². The van der Waals surface area contributed by atoms with E-state index in [0.717, 1.165) is 24.2 Å². The van der Waals surface area contributed by atoms with Crippen LogP contribution in [0.15, 0.2) is 23.7 Å². The van der Waals surface area contributed by atoms with Crippen LogP contribution in [0.25, 0.3) is 0 Å². The van der Waals surface area contributed by atoms with E-state index in [2.05, 4.69) is 28.8 Å². The highest BCUT2D eigenvalue weighted by Crippen LogP contribution is 2.18. The summed E-state index contributed by atoms with van der Waals surface area (Å²) in [6.45, 7) is 2.95. The molecule has 2 heterocycles. The Labute approximate surface area is 111 Å². The molecule has 0 amide bonds. The number of hydrogen-bond acceptors (Lipinski definition) is 4. The summed E-state index contributed by atoms with van der Waals surface area (Å²) < 4.78 is 1.81. The Hall–Kier alpha value is -1.17. The van der Waals surface area contributed by atoms with Crippen molar-refractivity contribution in [2.75, 3.05) is 6.61 Å². The van der Waals surface area contributed by atoms with Crippen LogP contribution in [0.3, 0.4) is 0 Å². The molecule has 0 saturated heterocycles. The molecule has 2 N–H and O–H groups in total. The van der Waals surface area contributed by atoms with Crippen LogP contribution < -0.4 is 5.32 Å². The van der Waals surface area contributed by atoms with Gasteiger partial charge in [0.05, 0.1) is 18.3 Å². The Kier molecular flexibility index (Phi) is 4.52. The summed E-state index contributed by atoms with van der Waals surface area (Å²) in [6, 6.07) is 4.09. The fourth-order valence-corrected chi connectivity index (χ4v) is 2.68. The average Bonchev–Trinajstić information content (AvgIpc) is 2.99. The van der Waals surface area contributed by atoms with Gasteiger partial charge in [-0.05, 0) is 17.9 Å². The van der Waals surface area contributed by atoms with Gasteiger partial charge in [0.25, 0.3) is 0 Å². The monoisotopic (exact) mass is 265 g/mol. The molecular formula is C13H19N3OS. The Morgan fingerprint density at radius 3 is 3.00 bits per heavy atom. The number of aliphatic hydroxyl groups excluding tert-OH is 1. The van der Waals surface area contributed by atoms with E-state index in [0.29, 0.717) is 0 Å². The normalized spacial score (nSPS) is 12.8. The predicted octanol–water partition coefficient (Wildman–Crippen LogP) is 1.87. The van der Waals surface area contributed by atoms with Crippen LogP contribution in [0.5, 0.6) is 0 Å². The van der Waals surface area contributed by atoms with E-state index in [4.69, 9.17) is 0 Å². The van der Waals surface area contributed by atoms with E-state index in [-0.39, 0.29) is 12.6 Å². The lowest BCUT2D eigenvalue weighted by molar-refractivity contribution is 0.243. The molecule has 0 aliphatic rings. The Morgan fingerprint density at radius 1 is 1.56 bits per heavy atom. The summed E-state index contributed by atoms with van der Waals surface area (Å²) in [5.41, 5.74) is 2.15. The first kappa shape index (κ1) is 13.3. The molecule has 1 atom stereocenters. The second kappa shape index (κ2) is 6.13. The molecule has 0 aromatic carbocycles. The third-order valence-electron chi connectivity index (χ3n) is 2.93. The predicted molar refractivity (Wildman–Crippen MR) is 73.6 cm³/mol. The minimum absolute atomic E-state index is 0.0456. The van der Waals surface area contributed by atoms with Crippen molar-refractivity contribution < 1.29 is 5.11 Å². The van der Waals surface area contributed by atoms with E-state index >= 15 is 0 Å². The van der Waals surface area contributed by atoms with Gasteiger partial charge in [0.2, 0.25) is 0 Å². The van der Waals surface area contributed by atoms with Gasteiger partial charge in [0.1, 0.15) is 0 Å². The maximum atomic E-state index is 9.54. The Morgan fingerprint density at radius 2 is 2.39 bits per heavy atom. The Bertz CT molecular complexity index is 478. The summed E-state index contributed by atoms with van der Waals surface area (Å²) in [5.74, 6) is 0. The van der Waals surface area contributed by atoms with Gasteiger partial charge in [-0.15, -0.1) is 11.3 Å². The molecule has 98 valence electrons. The van der Waals surface area contributed by atoms with Crippen molar-refractivity contribution in [2.24, 2.45) is 7.05 Å². The molecule has 4 nitrogen and oxygen atoms in total. The zero-order valence-corrected chi connectivity index (χ0v) is 11.6. The topological polar surface area (TPSA) is 50.1 Å². The molecule has 1 unspecified atom stereocenters. The van der Waals surface area contributed by atoms with Gasteiger partial charge in [-0.1, -0.05) is 13.0 Å². The summed E-state index contributed by atoms with van der Waals surface area (Å²) in [6.07, 6.45) is 2.87. The zero-order valence-electron chi connectivity index (χ0n) is 10.8. The highest BCUT2D eigenvalue weighted by atomic mass is 32.1. The molecule has 0 bridgehead atoms. The lowest BCUT2D eigenvalue weighted by atomic mass is 10.1. The second-order valence-corrected chi connectivity index (χ2v) is 5.29. The largest absolute Gasteiger partial charge is 0.394 e. The number of nitrogens with zero attached hydrogens (tertiary/aromatic N) is 2. The zero-order chi connectivity index (χ0) is 13.0. The molecule has 2 aromatic heterocycles. The van der Waals surface area contributed by atoms with Crippen LogP contribution in [0.1, 0.15) is 29.1 Å². The van der Waals surface area contributed by atoms with Crippen LogP contribution in [-0.4, -0.2) is 21.5 Å². The van der Waals surface area contributed by atoms with Crippen molar-refractivity contribution in [1.29, 1.82) is 0 Å². The quantitative estimate of drug-likeness (QED) is 0.838. The number of aliphatic hydroxyl groups is 1. The van der Waals surface area contributed by atoms with E-state index < -0.39 is 0 Å². The molecule has 5 heteroatoms. The molecule has 2 rings (SSSR count). The van der Waals surface area contributed by atoms with Gasteiger partial charge in [0.15, 0.2) is 0 Å². The Balaban J connectivity index is 2.07. The van der Waals surface area contributed by atoms with Crippen LogP contribution >= 0.6 is 11.3 Å². The van der Waals surface area contributed by atoms with E-state index in [1.165, 1.54) is 4.88 Å². The smallest absolute Gasteiger partial charge is 0.0670 e. The van der Waals surface area contributed by atoms with Gasteiger partial charge >= 0.3 is 0 Å². The van der Waals surface area contributed by atoms with E-state index in [9.17, 15) is 5.11 Å². The van der Waals surface area contributed by atoms with E-state index in [1.807, 2.05) is 24.0 Å². The van der Waals surface area contributed by atoms with Crippen LogP contribution in [0.2, 0.25) is 0 Å². The fraction of sp³-hybridized carbons (Fsp3) is 0.462. The summed E-state index contributed by atoms with van der Waals surface area (Å²) in [5, 5.41) is 19.4. The van der Waals surface area contributed by atoms with Crippen LogP contribution in [0.4, 0.5) is 0 Å². The summed E-state index contributed by atoms with van der Waals surface area (Å²) in [4.78, 5) is 1.27. The third-order valence-corrected chi connectivity index (χ3v) is 3.81. The van der Waals surface area contributed by atoms with Crippen molar-refractivity contribution >= 4 is 11.3 Å². The second-order valence-electron chi connectivity index (χ2n) is 4.25. The number of nitrogens with one attached hydrogen (secondary N) is 1. The first-order valence-electron chi connectivity index (χ1n) is 6.13. The molecule has 0 spiro atoms. The number of aryl methyl sites for hydroxylation is 2. The fourth-order valence-electron chi connectivity index (χ4n) is 2.03. The molecule has 0 saturated carbocycles. The summed E-state index contributed by atoms with van der Waals surface area (Å²) in [7, 11) is 1.91. The molecule has 0 fully saturated rings. The van der Waals surface area contributed by atoms with Crippen LogP contribution in [0, 0.1) is 0 Å². The number of hydrogen-bond donors (Lipinski definition) is 2. The van der Waals surface area contributed by atoms with Gasteiger partial charge < -0.3 is 10.4 Å². The third kappa shape index (κ3) is 2.98. The summed E-state index contributed by atoms with van der Waals surface area (Å²) >= 11 is 1.72. The maximum Gasteiger partial charge on any atom is 0.0670 e. The maximum absolute atomic E-state index is 9.54. The molecular weight excluding hydrogens is 246 g/mol. The molecule has 0 radical (unpaired) electrons. The van der Waals surface area contributed by atoms with Crippen molar-refractivity contribution in [3.63, 3.8) is 0 Å². The molecule has 0 aliphatic heterocycles. The van der Waals surface area contributed by atoms with E-state index in [1.54, 1.807) is 11.3 Å². The SMILES string of the molecule is CCc1nn(C)cc1C(CO)NCc1cccs1. The average molecular weight is 265 g/mol. The first-order chi connectivity index (χ1) is 8.74. The van der Waals surface area contributed by atoms with Crippen molar-refractivity contribution in [3.05, 3.63) is 39.8 Å². The molecule has 0 aliphatic carbocycles. The number of rotatable bonds is 6. The molecule has 2 aromatic rings. The number of aromatic nitrogens is 2. The number of thiophene rings is 1. The van der Waals surface area contributed by atoms with Gasteiger partial charge in [-0.2, -0.15) is 5.10 Å².